The summed E-state index contributed by atoms with van der Waals surface area (Å²) in [6.45, 7) is 7.99. The highest BCUT2D eigenvalue weighted by Crippen LogP contribution is 2.39. The summed E-state index contributed by atoms with van der Waals surface area (Å²) in [6, 6.07) is 0. The highest BCUT2D eigenvalue weighted by Gasteiger charge is 2.41. The van der Waals surface area contributed by atoms with E-state index in [0.29, 0.717) is 0 Å². The fraction of sp³-hybridized carbons (Fsp3) is 1.00. The molecule has 2 heterocycles. The average Bonchev–Trinajstić information content (AvgIpc) is 3.40. The SMILES string of the molecule is CN(CCCCN(C)CC1CCC2(CC1)OCCO2)CC1CCC2(CC1)OCCO2. The fourth-order valence-electron chi connectivity index (χ4n) is 6.00. The Hall–Kier alpha value is -0.240. The van der Waals surface area contributed by atoms with Gasteiger partial charge < -0.3 is 28.7 Å². The minimum Gasteiger partial charge on any atom is -0.348 e. The highest BCUT2D eigenvalue weighted by atomic mass is 16.7. The van der Waals surface area contributed by atoms with Gasteiger partial charge in [0.05, 0.1) is 26.4 Å². The van der Waals surface area contributed by atoms with Gasteiger partial charge in [-0.3, -0.25) is 0 Å². The largest absolute Gasteiger partial charge is 0.348 e. The molecule has 2 saturated carbocycles. The summed E-state index contributed by atoms with van der Waals surface area (Å²) in [7, 11) is 4.59. The molecule has 0 amide bonds. The predicted octanol–water partition coefficient (Wildman–Crippen LogP) is 3.50. The second-order valence-electron chi connectivity index (χ2n) is 10.3. The van der Waals surface area contributed by atoms with Crippen LogP contribution in [-0.4, -0.2) is 88.1 Å². The van der Waals surface area contributed by atoms with Gasteiger partial charge in [0, 0.05) is 38.8 Å². The van der Waals surface area contributed by atoms with Crippen molar-refractivity contribution >= 4 is 0 Å². The highest BCUT2D eigenvalue weighted by molar-refractivity contribution is 4.84. The van der Waals surface area contributed by atoms with Crippen LogP contribution in [0, 0.1) is 11.8 Å². The quantitative estimate of drug-likeness (QED) is 0.528. The van der Waals surface area contributed by atoms with Crippen molar-refractivity contribution in [1.29, 1.82) is 0 Å². The van der Waals surface area contributed by atoms with Crippen LogP contribution >= 0.6 is 0 Å². The van der Waals surface area contributed by atoms with Crippen molar-refractivity contribution in [2.24, 2.45) is 11.8 Å². The minimum atomic E-state index is -0.213. The molecule has 174 valence electrons. The van der Waals surface area contributed by atoms with Gasteiger partial charge >= 0.3 is 0 Å². The molecule has 4 rings (SSSR count). The van der Waals surface area contributed by atoms with E-state index in [1.165, 1.54) is 64.7 Å². The molecule has 0 unspecified atom stereocenters. The van der Waals surface area contributed by atoms with Crippen molar-refractivity contribution in [3.05, 3.63) is 0 Å². The summed E-state index contributed by atoms with van der Waals surface area (Å²) in [5, 5.41) is 0. The molecule has 2 spiro atoms. The van der Waals surface area contributed by atoms with Gasteiger partial charge in [0.25, 0.3) is 0 Å². The summed E-state index contributed by atoms with van der Waals surface area (Å²) in [5.74, 6) is 1.18. The van der Waals surface area contributed by atoms with Crippen LogP contribution in [0.2, 0.25) is 0 Å². The Labute approximate surface area is 183 Å². The molecule has 0 aromatic rings. The molecular formula is C24H44N2O4. The van der Waals surface area contributed by atoms with Gasteiger partial charge in [-0.1, -0.05) is 0 Å². The van der Waals surface area contributed by atoms with Crippen molar-refractivity contribution in [1.82, 2.24) is 9.80 Å². The third-order valence-corrected chi connectivity index (χ3v) is 7.83. The van der Waals surface area contributed by atoms with Gasteiger partial charge in [0.1, 0.15) is 0 Å². The van der Waals surface area contributed by atoms with E-state index in [9.17, 15) is 0 Å². The summed E-state index contributed by atoms with van der Waals surface area (Å²) < 4.78 is 23.4. The Morgan fingerprint density at radius 1 is 0.600 bits per heavy atom. The number of nitrogens with zero attached hydrogens (tertiary/aromatic N) is 2. The Balaban J connectivity index is 1.03. The number of rotatable bonds is 9. The second-order valence-corrected chi connectivity index (χ2v) is 10.3. The van der Waals surface area contributed by atoms with Crippen molar-refractivity contribution < 1.29 is 18.9 Å². The maximum Gasteiger partial charge on any atom is 0.168 e. The molecule has 2 saturated heterocycles. The van der Waals surface area contributed by atoms with Gasteiger partial charge in [0.15, 0.2) is 11.6 Å². The normalized spacial score (nSPS) is 29.0. The Morgan fingerprint density at radius 2 is 0.933 bits per heavy atom. The molecule has 0 radical (unpaired) electrons. The summed E-state index contributed by atoms with van der Waals surface area (Å²) >= 11 is 0. The zero-order valence-corrected chi connectivity index (χ0v) is 19.4. The van der Waals surface area contributed by atoms with Crippen molar-refractivity contribution in [2.75, 3.05) is 66.7 Å². The first-order chi connectivity index (χ1) is 14.6. The lowest BCUT2D eigenvalue weighted by molar-refractivity contribution is -0.183. The van der Waals surface area contributed by atoms with E-state index in [4.69, 9.17) is 18.9 Å². The van der Waals surface area contributed by atoms with E-state index in [1.54, 1.807) is 0 Å². The number of unbranched alkanes of at least 4 members (excludes halogenated alkanes) is 1. The van der Waals surface area contributed by atoms with Gasteiger partial charge in [0.2, 0.25) is 0 Å². The van der Waals surface area contributed by atoms with Gasteiger partial charge in [-0.05, 0) is 77.5 Å². The third kappa shape index (κ3) is 6.17. The van der Waals surface area contributed by atoms with Crippen LogP contribution < -0.4 is 0 Å². The second kappa shape index (κ2) is 10.6. The van der Waals surface area contributed by atoms with Crippen molar-refractivity contribution in [3.8, 4) is 0 Å². The van der Waals surface area contributed by atoms with Gasteiger partial charge in [-0.25, -0.2) is 0 Å². The molecule has 0 aromatic heterocycles. The van der Waals surface area contributed by atoms with Crippen LogP contribution in [0.5, 0.6) is 0 Å². The molecule has 2 aliphatic carbocycles. The lowest BCUT2D eigenvalue weighted by Crippen LogP contribution is -2.38. The van der Waals surface area contributed by atoms with Crippen LogP contribution in [0.1, 0.15) is 64.2 Å². The third-order valence-electron chi connectivity index (χ3n) is 7.83. The average molecular weight is 425 g/mol. The molecule has 2 aliphatic heterocycles. The van der Waals surface area contributed by atoms with E-state index in [1.807, 2.05) is 0 Å². The smallest absolute Gasteiger partial charge is 0.168 e. The van der Waals surface area contributed by atoms with Gasteiger partial charge in [-0.2, -0.15) is 0 Å². The summed E-state index contributed by atoms with van der Waals surface area (Å²) in [6.07, 6.45) is 11.9. The van der Waals surface area contributed by atoms with Crippen LogP contribution in [0.15, 0.2) is 0 Å². The minimum absolute atomic E-state index is 0.213. The zero-order chi connectivity index (χ0) is 20.9. The molecule has 0 atom stereocenters. The molecule has 30 heavy (non-hydrogen) atoms. The predicted molar refractivity (Wildman–Crippen MR) is 117 cm³/mol. The summed E-state index contributed by atoms with van der Waals surface area (Å²) in [5.41, 5.74) is 0. The maximum absolute atomic E-state index is 5.86. The van der Waals surface area contributed by atoms with E-state index in [-0.39, 0.29) is 11.6 Å². The number of ether oxygens (including phenoxy) is 4. The van der Waals surface area contributed by atoms with Gasteiger partial charge in [-0.15, -0.1) is 0 Å². The first-order valence-corrected chi connectivity index (χ1v) is 12.5. The monoisotopic (exact) mass is 424 g/mol. The molecule has 0 aromatic carbocycles. The topological polar surface area (TPSA) is 43.4 Å². The molecule has 0 bridgehead atoms. The van der Waals surface area contributed by atoms with Crippen LogP contribution in [0.3, 0.4) is 0 Å². The molecule has 6 heteroatoms. The standard InChI is InChI=1S/C24H44N2O4/c1-25(19-21-5-9-23(10-6-21)27-15-16-28-23)13-3-4-14-26(2)20-22-7-11-24(12-8-22)29-17-18-30-24/h21-22H,3-20H2,1-2H3. The van der Waals surface area contributed by atoms with E-state index < -0.39 is 0 Å². The van der Waals surface area contributed by atoms with Crippen LogP contribution in [0.25, 0.3) is 0 Å². The maximum atomic E-state index is 5.86. The zero-order valence-electron chi connectivity index (χ0n) is 19.4. The van der Waals surface area contributed by atoms with Crippen LogP contribution in [0.4, 0.5) is 0 Å². The molecule has 4 fully saturated rings. The molecule has 6 nitrogen and oxygen atoms in total. The Bertz CT molecular complexity index is 453. The Morgan fingerprint density at radius 3 is 1.27 bits per heavy atom. The van der Waals surface area contributed by atoms with Crippen molar-refractivity contribution in [3.63, 3.8) is 0 Å². The first-order valence-electron chi connectivity index (χ1n) is 12.5. The molecular weight excluding hydrogens is 380 g/mol. The van der Waals surface area contributed by atoms with E-state index >= 15 is 0 Å². The molecule has 0 N–H and O–H groups in total. The lowest BCUT2D eigenvalue weighted by Gasteiger charge is -2.37. The summed E-state index contributed by atoms with van der Waals surface area (Å²) in [4.78, 5) is 5.09. The lowest BCUT2D eigenvalue weighted by atomic mass is 9.84. The van der Waals surface area contributed by atoms with Crippen LogP contribution in [-0.2, 0) is 18.9 Å². The first kappa shape index (κ1) is 22.9. The Kier molecular flexibility index (Phi) is 8.09. The van der Waals surface area contributed by atoms with Crippen molar-refractivity contribution in [2.45, 2.75) is 75.8 Å². The fourth-order valence-corrected chi connectivity index (χ4v) is 6.00. The number of hydrogen-bond acceptors (Lipinski definition) is 6. The van der Waals surface area contributed by atoms with E-state index in [2.05, 4.69) is 23.9 Å². The molecule has 4 aliphatic rings. The number of hydrogen-bond donors (Lipinski definition) is 0. The van der Waals surface area contributed by atoms with E-state index in [0.717, 1.165) is 63.9 Å².